The molecule has 1 aromatic rings. The van der Waals surface area contributed by atoms with E-state index in [9.17, 15) is 4.79 Å². The van der Waals surface area contributed by atoms with Gasteiger partial charge >= 0.3 is 5.97 Å². The van der Waals surface area contributed by atoms with E-state index in [1.54, 1.807) is 24.3 Å². The standard InChI is InChI=1S/C21H33BrO8/c22-6-7-24-8-9-25-10-11-26-12-13-27-14-15-28-16-17-29-18-19-30-21(23)20-4-2-1-3-5-20/h1-5H,6-19H2. The number of carbonyl (C=O) groups excluding carboxylic acids is 1. The van der Waals surface area contributed by atoms with Crippen LogP contribution in [0.5, 0.6) is 0 Å². The average molecular weight is 493 g/mol. The number of hydrogen-bond donors (Lipinski definition) is 0. The summed E-state index contributed by atoms with van der Waals surface area (Å²) in [5.41, 5.74) is 0.533. The van der Waals surface area contributed by atoms with Gasteiger partial charge in [0.2, 0.25) is 0 Å². The molecule has 172 valence electrons. The van der Waals surface area contributed by atoms with Gasteiger partial charge in [-0.25, -0.2) is 4.79 Å². The first-order chi connectivity index (χ1) is 14.8. The summed E-state index contributed by atoms with van der Waals surface area (Å²) < 4.78 is 37.3. The lowest BCUT2D eigenvalue weighted by atomic mass is 10.2. The highest BCUT2D eigenvalue weighted by Crippen LogP contribution is 2.00. The minimum absolute atomic E-state index is 0.215. The number of esters is 1. The van der Waals surface area contributed by atoms with Crippen molar-refractivity contribution in [3.8, 4) is 0 Å². The average Bonchev–Trinajstić information content (AvgIpc) is 2.78. The molecule has 0 unspecified atom stereocenters. The van der Waals surface area contributed by atoms with Crippen LogP contribution in [0.4, 0.5) is 0 Å². The first-order valence-corrected chi connectivity index (χ1v) is 11.2. The number of benzene rings is 1. The summed E-state index contributed by atoms with van der Waals surface area (Å²) in [7, 11) is 0. The van der Waals surface area contributed by atoms with Crippen LogP contribution < -0.4 is 0 Å². The number of rotatable bonds is 21. The van der Waals surface area contributed by atoms with Crippen molar-refractivity contribution in [3.63, 3.8) is 0 Å². The van der Waals surface area contributed by atoms with Crippen LogP contribution in [0.3, 0.4) is 0 Å². The van der Waals surface area contributed by atoms with Gasteiger partial charge in [-0.2, -0.15) is 0 Å². The molecule has 0 saturated carbocycles. The molecular formula is C21H33BrO8. The molecule has 0 spiro atoms. The Balaban J connectivity index is 1.71. The predicted molar refractivity (Wildman–Crippen MR) is 115 cm³/mol. The van der Waals surface area contributed by atoms with Crippen LogP contribution in [-0.2, 0) is 33.2 Å². The van der Waals surface area contributed by atoms with Gasteiger partial charge in [0.15, 0.2) is 0 Å². The Kier molecular flexibility index (Phi) is 19.0. The topological polar surface area (TPSA) is 81.7 Å². The number of hydrogen-bond acceptors (Lipinski definition) is 8. The lowest BCUT2D eigenvalue weighted by Gasteiger charge is -2.08. The van der Waals surface area contributed by atoms with Gasteiger partial charge in [0.05, 0.1) is 84.8 Å². The zero-order valence-electron chi connectivity index (χ0n) is 17.4. The molecule has 30 heavy (non-hydrogen) atoms. The third kappa shape index (κ3) is 16.7. The Morgan fingerprint density at radius 1 is 0.567 bits per heavy atom. The Labute approximate surface area is 187 Å². The molecule has 1 aromatic carbocycles. The number of ether oxygens (including phenoxy) is 7. The lowest BCUT2D eigenvalue weighted by molar-refractivity contribution is -0.0188. The van der Waals surface area contributed by atoms with Crippen molar-refractivity contribution in [1.82, 2.24) is 0 Å². The van der Waals surface area contributed by atoms with E-state index in [-0.39, 0.29) is 12.6 Å². The summed E-state index contributed by atoms with van der Waals surface area (Å²) in [5, 5.41) is 0.836. The normalized spacial score (nSPS) is 11.0. The predicted octanol–water partition coefficient (Wildman–Crippen LogP) is 2.34. The van der Waals surface area contributed by atoms with Gasteiger partial charge in [-0.1, -0.05) is 34.1 Å². The van der Waals surface area contributed by atoms with Gasteiger partial charge in [0.25, 0.3) is 0 Å². The fraction of sp³-hybridized carbons (Fsp3) is 0.667. The van der Waals surface area contributed by atoms with Gasteiger partial charge in [-0.3, -0.25) is 0 Å². The highest BCUT2D eigenvalue weighted by Gasteiger charge is 2.04. The highest BCUT2D eigenvalue weighted by molar-refractivity contribution is 9.09. The molecule has 0 heterocycles. The molecule has 0 radical (unpaired) electrons. The summed E-state index contributed by atoms with van der Waals surface area (Å²) in [5.74, 6) is -0.348. The molecular weight excluding hydrogens is 460 g/mol. The highest BCUT2D eigenvalue weighted by atomic mass is 79.9. The Morgan fingerprint density at radius 2 is 0.933 bits per heavy atom. The summed E-state index contributed by atoms with van der Waals surface area (Å²) in [6.07, 6.45) is 0. The molecule has 0 amide bonds. The van der Waals surface area contributed by atoms with Crippen LogP contribution in [0, 0.1) is 0 Å². The fourth-order valence-electron chi connectivity index (χ4n) is 2.11. The second-order valence-corrected chi connectivity index (χ2v) is 6.66. The second kappa shape index (κ2) is 21.2. The van der Waals surface area contributed by atoms with Crippen molar-refractivity contribution >= 4 is 21.9 Å². The van der Waals surface area contributed by atoms with Crippen LogP contribution >= 0.6 is 15.9 Å². The molecule has 9 heteroatoms. The second-order valence-electron chi connectivity index (χ2n) is 5.87. The molecule has 0 fully saturated rings. The SMILES string of the molecule is O=C(OCCOCCOCCOCCOCCOCCOCCBr)c1ccccc1. The molecule has 1 rings (SSSR count). The Hall–Kier alpha value is -1.07. The third-order valence-corrected chi connectivity index (χ3v) is 3.88. The molecule has 0 aliphatic rings. The van der Waals surface area contributed by atoms with E-state index in [1.165, 1.54) is 0 Å². The van der Waals surface area contributed by atoms with Crippen LogP contribution in [-0.4, -0.2) is 97.2 Å². The molecule has 0 bridgehead atoms. The van der Waals surface area contributed by atoms with E-state index in [4.69, 9.17) is 33.2 Å². The Bertz CT molecular complexity index is 503. The minimum atomic E-state index is -0.348. The number of halogens is 1. The summed E-state index contributed by atoms with van der Waals surface area (Å²) in [4.78, 5) is 11.7. The molecule has 0 saturated heterocycles. The summed E-state index contributed by atoms with van der Waals surface area (Å²) in [6, 6.07) is 8.86. The molecule has 0 aliphatic heterocycles. The van der Waals surface area contributed by atoms with Crippen molar-refractivity contribution in [1.29, 1.82) is 0 Å². The largest absolute Gasteiger partial charge is 0.460 e. The first-order valence-electron chi connectivity index (χ1n) is 10.1. The van der Waals surface area contributed by atoms with Crippen molar-refractivity contribution in [2.45, 2.75) is 0 Å². The van der Waals surface area contributed by atoms with E-state index in [1.807, 2.05) is 6.07 Å². The van der Waals surface area contributed by atoms with E-state index in [0.29, 0.717) is 84.8 Å². The van der Waals surface area contributed by atoms with E-state index in [0.717, 1.165) is 5.33 Å². The fourth-order valence-corrected chi connectivity index (χ4v) is 2.34. The summed E-state index contributed by atoms with van der Waals surface area (Å²) >= 11 is 3.29. The lowest BCUT2D eigenvalue weighted by Crippen LogP contribution is -2.15. The maximum atomic E-state index is 11.7. The molecule has 0 aromatic heterocycles. The number of alkyl halides is 1. The Morgan fingerprint density at radius 3 is 1.33 bits per heavy atom. The van der Waals surface area contributed by atoms with Crippen molar-refractivity contribution in [2.24, 2.45) is 0 Å². The van der Waals surface area contributed by atoms with Gasteiger partial charge in [0.1, 0.15) is 6.61 Å². The molecule has 0 aliphatic carbocycles. The zero-order valence-corrected chi connectivity index (χ0v) is 19.0. The summed E-state index contributed by atoms with van der Waals surface area (Å²) in [6.45, 7) is 6.43. The van der Waals surface area contributed by atoms with E-state index < -0.39 is 0 Å². The van der Waals surface area contributed by atoms with E-state index >= 15 is 0 Å². The quantitative estimate of drug-likeness (QED) is 0.147. The van der Waals surface area contributed by atoms with E-state index in [2.05, 4.69) is 15.9 Å². The van der Waals surface area contributed by atoms with Crippen molar-refractivity contribution in [2.75, 3.05) is 91.2 Å². The van der Waals surface area contributed by atoms with Gasteiger partial charge in [-0.05, 0) is 12.1 Å². The maximum Gasteiger partial charge on any atom is 0.338 e. The minimum Gasteiger partial charge on any atom is -0.460 e. The first kappa shape index (κ1) is 27.0. The maximum absolute atomic E-state index is 11.7. The van der Waals surface area contributed by atoms with Gasteiger partial charge in [-0.15, -0.1) is 0 Å². The molecule has 8 nitrogen and oxygen atoms in total. The van der Waals surface area contributed by atoms with Crippen molar-refractivity contribution in [3.05, 3.63) is 35.9 Å². The van der Waals surface area contributed by atoms with Crippen molar-refractivity contribution < 1.29 is 38.0 Å². The van der Waals surface area contributed by atoms with Crippen LogP contribution in [0.25, 0.3) is 0 Å². The smallest absolute Gasteiger partial charge is 0.338 e. The van der Waals surface area contributed by atoms with Gasteiger partial charge in [0, 0.05) is 5.33 Å². The molecule has 0 atom stereocenters. The molecule has 0 N–H and O–H groups in total. The number of carbonyl (C=O) groups is 1. The monoisotopic (exact) mass is 492 g/mol. The van der Waals surface area contributed by atoms with Crippen LogP contribution in [0.2, 0.25) is 0 Å². The third-order valence-electron chi connectivity index (χ3n) is 3.55. The van der Waals surface area contributed by atoms with Gasteiger partial charge < -0.3 is 33.2 Å². The van der Waals surface area contributed by atoms with Crippen LogP contribution in [0.15, 0.2) is 30.3 Å². The zero-order chi connectivity index (χ0) is 21.5. The van der Waals surface area contributed by atoms with Crippen LogP contribution in [0.1, 0.15) is 10.4 Å².